The quantitative estimate of drug-likeness (QED) is 0.908. The SMILES string of the molecule is COC(=O)NC1CCN(c2ncc(Br)cc2C)C1. The van der Waals surface area contributed by atoms with Crippen molar-refractivity contribution in [3.05, 3.63) is 22.3 Å². The number of carbonyl (C=O) groups excluding carboxylic acids is 1. The van der Waals surface area contributed by atoms with Crippen LogP contribution in [0.1, 0.15) is 12.0 Å². The average molecular weight is 314 g/mol. The Morgan fingerprint density at radius 1 is 1.67 bits per heavy atom. The third kappa shape index (κ3) is 2.93. The van der Waals surface area contributed by atoms with Gasteiger partial charge in [-0.3, -0.25) is 0 Å². The lowest BCUT2D eigenvalue weighted by Crippen LogP contribution is -2.37. The summed E-state index contributed by atoms with van der Waals surface area (Å²) in [7, 11) is 1.38. The van der Waals surface area contributed by atoms with Gasteiger partial charge in [-0.05, 0) is 40.9 Å². The molecule has 98 valence electrons. The molecule has 2 heterocycles. The number of methoxy groups -OCH3 is 1. The number of nitrogens with one attached hydrogen (secondary N) is 1. The van der Waals surface area contributed by atoms with Crippen molar-refractivity contribution in [1.82, 2.24) is 10.3 Å². The average Bonchev–Trinajstić information content (AvgIpc) is 2.77. The molecule has 18 heavy (non-hydrogen) atoms. The predicted octanol–water partition coefficient (Wildman–Crippen LogP) is 2.09. The fourth-order valence-electron chi connectivity index (χ4n) is 2.16. The number of hydrogen-bond acceptors (Lipinski definition) is 4. The standard InChI is InChI=1S/C12H16BrN3O2/c1-8-5-9(13)6-14-11(8)16-4-3-10(7-16)15-12(17)18-2/h5-6,10H,3-4,7H2,1-2H3,(H,15,17). The topological polar surface area (TPSA) is 54.5 Å². The Morgan fingerprint density at radius 3 is 3.11 bits per heavy atom. The Hall–Kier alpha value is -1.30. The van der Waals surface area contributed by atoms with Crippen LogP contribution in [0.2, 0.25) is 0 Å². The van der Waals surface area contributed by atoms with E-state index in [0.29, 0.717) is 0 Å². The van der Waals surface area contributed by atoms with Crippen LogP contribution in [0.15, 0.2) is 16.7 Å². The molecule has 1 aromatic heterocycles. The van der Waals surface area contributed by atoms with Gasteiger partial charge in [-0.15, -0.1) is 0 Å². The second kappa shape index (κ2) is 5.56. The number of amides is 1. The summed E-state index contributed by atoms with van der Waals surface area (Å²) in [6.07, 6.45) is 2.33. The van der Waals surface area contributed by atoms with E-state index in [1.165, 1.54) is 7.11 Å². The summed E-state index contributed by atoms with van der Waals surface area (Å²) < 4.78 is 5.58. The summed E-state index contributed by atoms with van der Waals surface area (Å²) in [4.78, 5) is 17.8. The summed E-state index contributed by atoms with van der Waals surface area (Å²) >= 11 is 3.40. The number of alkyl carbamates (subject to hydrolysis) is 1. The molecule has 1 aliphatic rings. The first kappa shape index (κ1) is 13.1. The Kier molecular flexibility index (Phi) is 4.06. The van der Waals surface area contributed by atoms with E-state index in [4.69, 9.17) is 0 Å². The van der Waals surface area contributed by atoms with Gasteiger partial charge in [-0.1, -0.05) is 0 Å². The molecule has 6 heteroatoms. The second-order valence-electron chi connectivity index (χ2n) is 4.36. The zero-order valence-electron chi connectivity index (χ0n) is 10.4. The number of aromatic nitrogens is 1. The van der Waals surface area contributed by atoms with Gasteiger partial charge in [0, 0.05) is 23.8 Å². The predicted molar refractivity (Wildman–Crippen MR) is 72.8 cm³/mol. The molecule has 1 saturated heterocycles. The molecule has 1 unspecified atom stereocenters. The smallest absolute Gasteiger partial charge is 0.407 e. The van der Waals surface area contributed by atoms with Gasteiger partial charge in [0.25, 0.3) is 0 Å². The minimum atomic E-state index is -0.373. The van der Waals surface area contributed by atoms with Gasteiger partial charge in [0.1, 0.15) is 5.82 Å². The highest BCUT2D eigenvalue weighted by molar-refractivity contribution is 9.10. The molecule has 0 spiro atoms. The van der Waals surface area contributed by atoms with Crippen LogP contribution in [0.5, 0.6) is 0 Å². The van der Waals surface area contributed by atoms with E-state index < -0.39 is 0 Å². The number of carbonyl (C=O) groups is 1. The highest BCUT2D eigenvalue weighted by atomic mass is 79.9. The van der Waals surface area contributed by atoms with Crippen LogP contribution in [0.25, 0.3) is 0 Å². The van der Waals surface area contributed by atoms with Crippen LogP contribution in [0, 0.1) is 6.92 Å². The Balaban J connectivity index is 2.02. The van der Waals surface area contributed by atoms with Crippen molar-refractivity contribution >= 4 is 27.8 Å². The third-order valence-corrected chi connectivity index (χ3v) is 3.45. The van der Waals surface area contributed by atoms with Crippen LogP contribution >= 0.6 is 15.9 Å². The maximum atomic E-state index is 11.1. The first-order chi connectivity index (χ1) is 8.60. The summed E-state index contributed by atoms with van der Waals surface area (Å²) in [6, 6.07) is 2.17. The largest absolute Gasteiger partial charge is 0.453 e. The number of pyridine rings is 1. The molecule has 1 N–H and O–H groups in total. The Bertz CT molecular complexity index is 453. The molecule has 0 aliphatic carbocycles. The molecule has 5 nitrogen and oxygen atoms in total. The fraction of sp³-hybridized carbons (Fsp3) is 0.500. The molecule has 0 radical (unpaired) electrons. The summed E-state index contributed by atoms with van der Waals surface area (Å²) in [5.74, 6) is 0.979. The molecule has 1 amide bonds. The fourth-order valence-corrected chi connectivity index (χ4v) is 2.61. The molecule has 1 atom stereocenters. The first-order valence-electron chi connectivity index (χ1n) is 5.81. The van der Waals surface area contributed by atoms with Crippen molar-refractivity contribution in [1.29, 1.82) is 0 Å². The Labute approximate surface area is 115 Å². The van der Waals surface area contributed by atoms with Crippen molar-refractivity contribution in [2.45, 2.75) is 19.4 Å². The molecule has 1 fully saturated rings. The van der Waals surface area contributed by atoms with E-state index in [0.717, 1.165) is 35.4 Å². The highest BCUT2D eigenvalue weighted by Crippen LogP contribution is 2.24. The molecule has 1 aromatic rings. The first-order valence-corrected chi connectivity index (χ1v) is 6.61. The monoisotopic (exact) mass is 313 g/mol. The molecule has 0 aromatic carbocycles. The van der Waals surface area contributed by atoms with Gasteiger partial charge in [0.2, 0.25) is 0 Å². The van der Waals surface area contributed by atoms with Crippen LogP contribution in [0.4, 0.5) is 10.6 Å². The van der Waals surface area contributed by atoms with Crippen molar-refractivity contribution in [3.63, 3.8) is 0 Å². The third-order valence-electron chi connectivity index (χ3n) is 3.01. The summed E-state index contributed by atoms with van der Waals surface area (Å²) in [5, 5.41) is 2.82. The number of nitrogens with zero attached hydrogens (tertiary/aromatic N) is 2. The van der Waals surface area contributed by atoms with Gasteiger partial charge in [-0.2, -0.15) is 0 Å². The van der Waals surface area contributed by atoms with Gasteiger partial charge >= 0.3 is 6.09 Å². The highest BCUT2D eigenvalue weighted by Gasteiger charge is 2.25. The maximum absolute atomic E-state index is 11.1. The summed E-state index contributed by atoms with van der Waals surface area (Å²) in [6.45, 7) is 3.70. The van der Waals surface area contributed by atoms with Crippen LogP contribution in [-0.4, -0.2) is 37.3 Å². The minimum absolute atomic E-state index is 0.127. The minimum Gasteiger partial charge on any atom is -0.453 e. The van der Waals surface area contributed by atoms with Gasteiger partial charge in [0.15, 0.2) is 0 Å². The second-order valence-corrected chi connectivity index (χ2v) is 5.28. The zero-order valence-corrected chi connectivity index (χ0v) is 12.0. The van der Waals surface area contributed by atoms with Crippen LogP contribution in [0.3, 0.4) is 0 Å². The van der Waals surface area contributed by atoms with E-state index in [-0.39, 0.29) is 12.1 Å². The molecular formula is C12H16BrN3O2. The van der Waals surface area contributed by atoms with E-state index >= 15 is 0 Å². The van der Waals surface area contributed by atoms with Crippen LogP contribution < -0.4 is 10.2 Å². The van der Waals surface area contributed by atoms with Crippen LogP contribution in [-0.2, 0) is 4.74 Å². The van der Waals surface area contributed by atoms with E-state index in [2.05, 4.69) is 35.9 Å². The number of halogens is 1. The zero-order chi connectivity index (χ0) is 13.1. The number of rotatable bonds is 2. The van der Waals surface area contributed by atoms with E-state index in [9.17, 15) is 4.79 Å². The normalized spacial score (nSPS) is 18.8. The lowest BCUT2D eigenvalue weighted by atomic mass is 10.2. The number of aryl methyl sites for hydroxylation is 1. The molecular weight excluding hydrogens is 298 g/mol. The van der Waals surface area contributed by atoms with Crippen molar-refractivity contribution in [3.8, 4) is 0 Å². The van der Waals surface area contributed by atoms with Crippen molar-refractivity contribution in [2.75, 3.05) is 25.1 Å². The lowest BCUT2D eigenvalue weighted by Gasteiger charge is -2.19. The number of ether oxygens (including phenoxy) is 1. The summed E-state index contributed by atoms with van der Waals surface area (Å²) in [5.41, 5.74) is 1.13. The molecule has 0 saturated carbocycles. The lowest BCUT2D eigenvalue weighted by molar-refractivity contribution is 0.167. The maximum Gasteiger partial charge on any atom is 0.407 e. The van der Waals surface area contributed by atoms with Crippen molar-refractivity contribution < 1.29 is 9.53 Å². The van der Waals surface area contributed by atoms with E-state index in [1.807, 2.05) is 13.0 Å². The van der Waals surface area contributed by atoms with Gasteiger partial charge < -0.3 is 15.0 Å². The Morgan fingerprint density at radius 2 is 2.44 bits per heavy atom. The molecule has 1 aliphatic heterocycles. The number of anilines is 1. The van der Waals surface area contributed by atoms with Crippen molar-refractivity contribution in [2.24, 2.45) is 0 Å². The van der Waals surface area contributed by atoms with Gasteiger partial charge in [0.05, 0.1) is 13.2 Å². The van der Waals surface area contributed by atoms with E-state index in [1.54, 1.807) is 6.20 Å². The molecule has 0 bridgehead atoms. The molecule has 2 rings (SSSR count). The van der Waals surface area contributed by atoms with Gasteiger partial charge in [-0.25, -0.2) is 9.78 Å². The number of hydrogen-bond donors (Lipinski definition) is 1.